The summed E-state index contributed by atoms with van der Waals surface area (Å²) in [6.45, 7) is 0.571. The van der Waals surface area contributed by atoms with E-state index >= 15 is 0 Å². The molecule has 3 aromatic carbocycles. The van der Waals surface area contributed by atoms with E-state index < -0.39 is 10.0 Å². The number of hydrogen-bond donors (Lipinski definition) is 0. The highest BCUT2D eigenvalue weighted by atomic mass is 32.2. The van der Waals surface area contributed by atoms with Crippen molar-refractivity contribution in [3.63, 3.8) is 0 Å². The van der Waals surface area contributed by atoms with Crippen LogP contribution in [0.5, 0.6) is 0 Å². The van der Waals surface area contributed by atoms with Gasteiger partial charge in [0.05, 0.1) is 11.3 Å². The SMILES string of the molecule is CN(C)S(=O)(=O)c1ccc2c(c1)CCN2C(=O)Cc1ccc(-c2ccccc2)cc1. The van der Waals surface area contributed by atoms with Crippen LogP contribution in [-0.4, -0.2) is 39.3 Å². The molecule has 0 atom stereocenters. The molecule has 0 aromatic heterocycles. The molecule has 30 heavy (non-hydrogen) atoms. The van der Waals surface area contributed by atoms with E-state index in [4.69, 9.17) is 0 Å². The van der Waals surface area contributed by atoms with E-state index in [9.17, 15) is 13.2 Å². The summed E-state index contributed by atoms with van der Waals surface area (Å²) in [5, 5.41) is 0. The number of nitrogens with zero attached hydrogens (tertiary/aromatic N) is 2. The van der Waals surface area contributed by atoms with E-state index in [1.54, 1.807) is 23.1 Å². The molecule has 3 aromatic rings. The van der Waals surface area contributed by atoms with Crippen molar-refractivity contribution in [3.8, 4) is 11.1 Å². The van der Waals surface area contributed by atoms with Gasteiger partial charge in [0.15, 0.2) is 0 Å². The van der Waals surface area contributed by atoms with Gasteiger partial charge in [0, 0.05) is 26.3 Å². The van der Waals surface area contributed by atoms with Crippen LogP contribution in [0.25, 0.3) is 11.1 Å². The summed E-state index contributed by atoms with van der Waals surface area (Å²) in [5.41, 5.74) is 4.92. The lowest BCUT2D eigenvalue weighted by Crippen LogP contribution is -2.30. The van der Waals surface area contributed by atoms with Gasteiger partial charge < -0.3 is 4.90 Å². The third kappa shape index (κ3) is 3.88. The molecule has 0 saturated heterocycles. The largest absolute Gasteiger partial charge is 0.312 e. The first-order valence-electron chi connectivity index (χ1n) is 9.86. The summed E-state index contributed by atoms with van der Waals surface area (Å²) in [6, 6.07) is 23.2. The molecule has 5 nitrogen and oxygen atoms in total. The minimum Gasteiger partial charge on any atom is -0.312 e. The molecule has 154 valence electrons. The molecular weight excluding hydrogens is 396 g/mol. The topological polar surface area (TPSA) is 57.7 Å². The van der Waals surface area contributed by atoms with Crippen molar-refractivity contribution >= 4 is 21.6 Å². The van der Waals surface area contributed by atoms with Crippen LogP contribution < -0.4 is 4.90 Å². The number of carbonyl (C=O) groups excluding carboxylic acids is 1. The van der Waals surface area contributed by atoms with Gasteiger partial charge in [-0.05, 0) is 46.9 Å². The van der Waals surface area contributed by atoms with Crippen LogP contribution in [0.3, 0.4) is 0 Å². The molecule has 0 unspecified atom stereocenters. The Balaban J connectivity index is 1.50. The fraction of sp³-hybridized carbons (Fsp3) is 0.208. The van der Waals surface area contributed by atoms with Crippen LogP contribution in [-0.2, 0) is 27.7 Å². The highest BCUT2D eigenvalue weighted by molar-refractivity contribution is 7.89. The summed E-state index contributed by atoms with van der Waals surface area (Å²) < 4.78 is 25.9. The lowest BCUT2D eigenvalue weighted by atomic mass is 10.0. The molecule has 1 aliphatic heterocycles. The van der Waals surface area contributed by atoms with E-state index in [0.717, 1.165) is 27.9 Å². The number of fused-ring (bicyclic) bond motifs is 1. The van der Waals surface area contributed by atoms with Crippen LogP contribution >= 0.6 is 0 Å². The summed E-state index contributed by atoms with van der Waals surface area (Å²) >= 11 is 0. The molecule has 0 fully saturated rings. The molecule has 1 aliphatic rings. The highest BCUT2D eigenvalue weighted by Gasteiger charge is 2.27. The van der Waals surface area contributed by atoms with Gasteiger partial charge in [-0.2, -0.15) is 0 Å². The Kier molecular flexibility index (Phi) is 5.45. The van der Waals surface area contributed by atoms with Crippen molar-refractivity contribution in [2.24, 2.45) is 0 Å². The second-order valence-corrected chi connectivity index (χ2v) is 9.76. The van der Waals surface area contributed by atoms with Crippen LogP contribution in [0.4, 0.5) is 5.69 Å². The maximum atomic E-state index is 12.9. The molecule has 0 bridgehead atoms. The van der Waals surface area contributed by atoms with Gasteiger partial charge in [-0.3, -0.25) is 4.79 Å². The Morgan fingerprint density at radius 2 is 1.60 bits per heavy atom. The van der Waals surface area contributed by atoms with Crippen molar-refractivity contribution in [3.05, 3.63) is 83.9 Å². The van der Waals surface area contributed by atoms with Gasteiger partial charge >= 0.3 is 0 Å². The van der Waals surface area contributed by atoms with Crippen LogP contribution in [0, 0.1) is 0 Å². The predicted molar refractivity (Wildman–Crippen MR) is 119 cm³/mol. The van der Waals surface area contributed by atoms with Gasteiger partial charge in [0.2, 0.25) is 15.9 Å². The molecule has 0 saturated carbocycles. The Bertz CT molecular complexity index is 1170. The summed E-state index contributed by atoms with van der Waals surface area (Å²) in [5.74, 6) is 0.0180. The monoisotopic (exact) mass is 420 g/mol. The first-order chi connectivity index (χ1) is 14.4. The first kappa shape index (κ1) is 20.3. The molecule has 6 heteroatoms. The van der Waals surface area contributed by atoms with Gasteiger partial charge in [-0.15, -0.1) is 0 Å². The molecule has 1 heterocycles. The average Bonchev–Trinajstić information content (AvgIpc) is 3.18. The van der Waals surface area contributed by atoms with Crippen LogP contribution in [0.15, 0.2) is 77.7 Å². The lowest BCUT2D eigenvalue weighted by molar-refractivity contribution is -0.117. The standard InChI is InChI=1S/C24H24N2O3S/c1-25(2)30(28,29)22-12-13-23-21(17-22)14-15-26(23)24(27)16-18-8-10-20(11-9-18)19-6-4-3-5-7-19/h3-13,17H,14-16H2,1-2H3. The third-order valence-corrected chi connectivity index (χ3v) is 7.25. The molecule has 0 N–H and O–H groups in total. The van der Waals surface area contributed by atoms with E-state index in [2.05, 4.69) is 12.1 Å². The highest BCUT2D eigenvalue weighted by Crippen LogP contribution is 2.31. The molecule has 0 aliphatic carbocycles. The smallest absolute Gasteiger partial charge is 0.242 e. The Labute approximate surface area is 177 Å². The summed E-state index contributed by atoms with van der Waals surface area (Å²) in [4.78, 5) is 14.9. The minimum atomic E-state index is -3.48. The number of carbonyl (C=O) groups is 1. The zero-order valence-electron chi connectivity index (χ0n) is 17.1. The molecule has 0 spiro atoms. The van der Waals surface area contributed by atoms with Crippen molar-refractivity contribution in [1.82, 2.24) is 4.31 Å². The van der Waals surface area contributed by atoms with E-state index in [0.29, 0.717) is 19.4 Å². The van der Waals surface area contributed by atoms with Crippen molar-refractivity contribution < 1.29 is 13.2 Å². The number of anilines is 1. The number of benzene rings is 3. The minimum absolute atomic E-state index is 0.0180. The van der Waals surface area contributed by atoms with E-state index in [1.165, 1.54) is 18.4 Å². The molecular formula is C24H24N2O3S. The van der Waals surface area contributed by atoms with Crippen molar-refractivity contribution in [2.75, 3.05) is 25.5 Å². The number of hydrogen-bond acceptors (Lipinski definition) is 3. The maximum absolute atomic E-state index is 12.9. The molecule has 0 radical (unpaired) electrons. The van der Waals surface area contributed by atoms with Crippen LogP contribution in [0.1, 0.15) is 11.1 Å². The van der Waals surface area contributed by atoms with Gasteiger partial charge in [-0.1, -0.05) is 54.6 Å². The second-order valence-electron chi connectivity index (χ2n) is 7.61. The maximum Gasteiger partial charge on any atom is 0.242 e. The van der Waals surface area contributed by atoms with Gasteiger partial charge in [0.25, 0.3) is 0 Å². The van der Waals surface area contributed by atoms with E-state index in [-0.39, 0.29) is 10.8 Å². The number of amides is 1. The normalized spacial score (nSPS) is 13.5. The molecule has 1 amide bonds. The molecule has 4 rings (SSSR count). The fourth-order valence-electron chi connectivity index (χ4n) is 3.72. The Morgan fingerprint density at radius 1 is 0.933 bits per heavy atom. The number of sulfonamides is 1. The summed E-state index contributed by atoms with van der Waals surface area (Å²) in [6.07, 6.45) is 0.969. The van der Waals surface area contributed by atoms with E-state index in [1.807, 2.05) is 42.5 Å². The zero-order chi connectivity index (χ0) is 21.3. The Hall–Kier alpha value is -2.96. The second kappa shape index (κ2) is 8.05. The first-order valence-corrected chi connectivity index (χ1v) is 11.3. The lowest BCUT2D eigenvalue weighted by Gasteiger charge is -2.18. The summed E-state index contributed by atoms with van der Waals surface area (Å²) in [7, 11) is -0.451. The van der Waals surface area contributed by atoms with Crippen LogP contribution in [0.2, 0.25) is 0 Å². The van der Waals surface area contributed by atoms with Gasteiger partial charge in [-0.25, -0.2) is 12.7 Å². The fourth-order valence-corrected chi connectivity index (χ4v) is 4.68. The quantitative estimate of drug-likeness (QED) is 0.632. The predicted octanol–water partition coefficient (Wildman–Crippen LogP) is 3.74. The van der Waals surface area contributed by atoms with Crippen molar-refractivity contribution in [2.45, 2.75) is 17.7 Å². The third-order valence-electron chi connectivity index (χ3n) is 5.44. The zero-order valence-corrected chi connectivity index (χ0v) is 17.9. The number of rotatable bonds is 5. The van der Waals surface area contributed by atoms with Crippen molar-refractivity contribution in [1.29, 1.82) is 0 Å². The average molecular weight is 421 g/mol. The Morgan fingerprint density at radius 3 is 2.27 bits per heavy atom. The van der Waals surface area contributed by atoms with Gasteiger partial charge in [0.1, 0.15) is 0 Å².